The molecule has 1 aliphatic rings. The predicted molar refractivity (Wildman–Crippen MR) is 112 cm³/mol. The van der Waals surface area contributed by atoms with Crippen molar-refractivity contribution in [1.82, 2.24) is 9.80 Å². The molecule has 0 atom stereocenters. The van der Waals surface area contributed by atoms with Crippen LogP contribution >= 0.6 is 0 Å². The summed E-state index contributed by atoms with van der Waals surface area (Å²) in [7, 11) is 0. The second-order valence-electron chi connectivity index (χ2n) is 7.16. The van der Waals surface area contributed by atoms with Crippen LogP contribution < -0.4 is 5.73 Å². The van der Waals surface area contributed by atoms with Crippen molar-refractivity contribution in [1.29, 1.82) is 0 Å². The van der Waals surface area contributed by atoms with Gasteiger partial charge in [-0.25, -0.2) is 4.79 Å². The number of carbonyl (C=O) groups excluding carboxylic acids is 1. The first-order chi connectivity index (χ1) is 13.6. The highest BCUT2D eigenvalue weighted by molar-refractivity contribution is 5.82. The smallest absolute Gasteiger partial charge is 0.332 e. The molecule has 3 rings (SSSR count). The number of rotatable bonds is 7. The Bertz CT molecular complexity index is 725. The van der Waals surface area contributed by atoms with Crippen LogP contribution in [0.3, 0.4) is 0 Å². The van der Waals surface area contributed by atoms with Gasteiger partial charge in [-0.05, 0) is 18.1 Å². The van der Waals surface area contributed by atoms with Gasteiger partial charge in [-0.1, -0.05) is 60.7 Å². The molecule has 28 heavy (non-hydrogen) atoms. The number of nitrogens with zero attached hydrogens (tertiary/aromatic N) is 2. The maximum atomic E-state index is 11.5. The number of hydrogen-bond acceptors (Lipinski definition) is 5. The van der Waals surface area contributed by atoms with Gasteiger partial charge in [0.25, 0.3) is 0 Å². The SMILES string of the molecule is C/C(N)=C/C(=O)OCCN1CCN(C(c2ccccc2)c2ccccc2)CC1. The fourth-order valence-electron chi connectivity index (χ4n) is 3.63. The highest BCUT2D eigenvalue weighted by Crippen LogP contribution is 2.29. The largest absolute Gasteiger partial charge is 0.461 e. The number of benzene rings is 2. The predicted octanol–water partition coefficient (Wildman–Crippen LogP) is 2.80. The molecule has 0 saturated carbocycles. The van der Waals surface area contributed by atoms with Crippen LogP contribution in [0.4, 0.5) is 0 Å². The average molecular weight is 380 g/mol. The fourth-order valence-corrected chi connectivity index (χ4v) is 3.63. The first kappa shape index (κ1) is 20.1. The van der Waals surface area contributed by atoms with Crippen molar-refractivity contribution in [3.05, 3.63) is 83.6 Å². The summed E-state index contributed by atoms with van der Waals surface area (Å²) >= 11 is 0. The lowest BCUT2D eigenvalue weighted by molar-refractivity contribution is -0.138. The Morgan fingerprint density at radius 2 is 1.54 bits per heavy atom. The van der Waals surface area contributed by atoms with Gasteiger partial charge in [0.1, 0.15) is 6.61 Å². The van der Waals surface area contributed by atoms with E-state index >= 15 is 0 Å². The Labute approximate surface area is 167 Å². The molecule has 2 aromatic carbocycles. The van der Waals surface area contributed by atoms with Crippen molar-refractivity contribution in [2.24, 2.45) is 5.73 Å². The molecular weight excluding hydrogens is 350 g/mol. The van der Waals surface area contributed by atoms with Gasteiger partial charge in [-0.2, -0.15) is 0 Å². The monoisotopic (exact) mass is 379 g/mol. The van der Waals surface area contributed by atoms with E-state index in [9.17, 15) is 4.79 Å². The van der Waals surface area contributed by atoms with Crippen LogP contribution in [0.2, 0.25) is 0 Å². The van der Waals surface area contributed by atoms with Crippen molar-refractivity contribution >= 4 is 5.97 Å². The Hall–Kier alpha value is -2.63. The number of hydrogen-bond donors (Lipinski definition) is 1. The molecule has 1 aliphatic heterocycles. The van der Waals surface area contributed by atoms with E-state index in [0.717, 1.165) is 32.7 Å². The third-order valence-corrected chi connectivity index (χ3v) is 5.00. The standard InChI is InChI=1S/C23H29N3O2/c1-19(24)18-22(27)28-17-16-25-12-14-26(15-13-25)23(20-8-4-2-5-9-20)21-10-6-3-7-11-21/h2-11,18,23H,12-17,24H2,1H3/b19-18-. The molecule has 0 radical (unpaired) electrons. The summed E-state index contributed by atoms with van der Waals surface area (Å²) in [6.07, 6.45) is 1.32. The zero-order valence-corrected chi connectivity index (χ0v) is 16.5. The van der Waals surface area contributed by atoms with Gasteiger partial charge in [0.05, 0.1) is 6.04 Å². The minimum Gasteiger partial charge on any atom is -0.461 e. The Morgan fingerprint density at radius 3 is 2.04 bits per heavy atom. The summed E-state index contributed by atoms with van der Waals surface area (Å²) in [6.45, 7) is 6.69. The molecule has 5 heteroatoms. The van der Waals surface area contributed by atoms with Crippen molar-refractivity contribution in [3.63, 3.8) is 0 Å². The molecule has 0 aliphatic carbocycles. The Morgan fingerprint density at radius 1 is 1.00 bits per heavy atom. The summed E-state index contributed by atoms with van der Waals surface area (Å²) in [5.74, 6) is -0.369. The van der Waals surface area contributed by atoms with Crippen LogP contribution in [0.1, 0.15) is 24.1 Å². The fraction of sp³-hybridized carbons (Fsp3) is 0.348. The molecule has 148 valence electrons. The van der Waals surface area contributed by atoms with Crippen molar-refractivity contribution in [2.45, 2.75) is 13.0 Å². The Balaban J connectivity index is 1.57. The minimum absolute atomic E-state index is 0.264. The van der Waals surface area contributed by atoms with E-state index in [1.165, 1.54) is 17.2 Å². The summed E-state index contributed by atoms with van der Waals surface area (Å²) in [5, 5.41) is 0. The first-order valence-electron chi connectivity index (χ1n) is 9.80. The Kier molecular flexibility index (Phi) is 7.23. The summed E-state index contributed by atoms with van der Waals surface area (Å²) < 4.78 is 5.22. The molecule has 1 heterocycles. The number of allylic oxidation sites excluding steroid dienone is 1. The number of carbonyl (C=O) groups is 1. The second kappa shape index (κ2) is 10.1. The van der Waals surface area contributed by atoms with E-state index in [1.54, 1.807) is 6.92 Å². The number of esters is 1. The first-order valence-corrected chi connectivity index (χ1v) is 9.80. The van der Waals surface area contributed by atoms with Gasteiger partial charge in [0, 0.05) is 44.5 Å². The zero-order valence-electron chi connectivity index (χ0n) is 16.5. The molecule has 2 aromatic rings. The highest BCUT2D eigenvalue weighted by Gasteiger charge is 2.26. The highest BCUT2D eigenvalue weighted by atomic mass is 16.5. The van der Waals surface area contributed by atoms with Crippen molar-refractivity contribution in [2.75, 3.05) is 39.3 Å². The molecule has 5 nitrogen and oxygen atoms in total. The quantitative estimate of drug-likeness (QED) is 0.592. The van der Waals surface area contributed by atoms with E-state index in [0.29, 0.717) is 12.3 Å². The van der Waals surface area contributed by atoms with E-state index in [-0.39, 0.29) is 12.0 Å². The van der Waals surface area contributed by atoms with Gasteiger partial charge in [-0.3, -0.25) is 9.80 Å². The zero-order chi connectivity index (χ0) is 19.8. The van der Waals surface area contributed by atoms with Crippen molar-refractivity contribution < 1.29 is 9.53 Å². The molecule has 1 saturated heterocycles. The summed E-state index contributed by atoms with van der Waals surface area (Å²) in [5.41, 5.74) is 8.59. The summed E-state index contributed by atoms with van der Waals surface area (Å²) in [6, 6.07) is 21.6. The van der Waals surface area contributed by atoms with Crippen molar-refractivity contribution in [3.8, 4) is 0 Å². The van der Waals surface area contributed by atoms with Gasteiger partial charge in [0.15, 0.2) is 0 Å². The third kappa shape index (κ3) is 5.68. The average Bonchev–Trinajstić information content (AvgIpc) is 2.70. The van der Waals surface area contributed by atoms with Crippen LogP contribution in [-0.4, -0.2) is 55.1 Å². The lowest BCUT2D eigenvalue weighted by Gasteiger charge is -2.39. The molecule has 0 amide bonds. The molecule has 0 spiro atoms. The van der Waals surface area contributed by atoms with Crippen LogP contribution in [0, 0.1) is 0 Å². The van der Waals surface area contributed by atoms with E-state index in [1.807, 2.05) is 0 Å². The maximum Gasteiger partial charge on any atom is 0.332 e. The lowest BCUT2D eigenvalue weighted by atomic mass is 9.96. The molecule has 0 bridgehead atoms. The number of ether oxygens (including phenoxy) is 1. The van der Waals surface area contributed by atoms with Gasteiger partial charge in [-0.15, -0.1) is 0 Å². The van der Waals surface area contributed by atoms with Crippen LogP contribution in [-0.2, 0) is 9.53 Å². The normalized spacial score (nSPS) is 16.3. The second-order valence-corrected chi connectivity index (χ2v) is 7.16. The maximum absolute atomic E-state index is 11.5. The van der Waals surface area contributed by atoms with Crippen LogP contribution in [0.5, 0.6) is 0 Å². The molecule has 0 aromatic heterocycles. The van der Waals surface area contributed by atoms with Gasteiger partial charge < -0.3 is 10.5 Å². The topological polar surface area (TPSA) is 58.8 Å². The van der Waals surface area contributed by atoms with Gasteiger partial charge >= 0.3 is 5.97 Å². The van der Waals surface area contributed by atoms with Crippen LogP contribution in [0.25, 0.3) is 0 Å². The van der Waals surface area contributed by atoms with Gasteiger partial charge in [0.2, 0.25) is 0 Å². The third-order valence-electron chi connectivity index (χ3n) is 5.00. The number of nitrogens with two attached hydrogens (primary N) is 1. The minimum atomic E-state index is -0.369. The molecule has 0 unspecified atom stereocenters. The van der Waals surface area contributed by atoms with Crippen LogP contribution in [0.15, 0.2) is 72.4 Å². The molecule has 1 fully saturated rings. The molecular formula is C23H29N3O2. The lowest BCUT2D eigenvalue weighted by Crippen LogP contribution is -2.48. The van der Waals surface area contributed by atoms with E-state index < -0.39 is 0 Å². The number of piperazine rings is 1. The summed E-state index contributed by atoms with van der Waals surface area (Å²) in [4.78, 5) is 16.4. The van der Waals surface area contributed by atoms with E-state index in [4.69, 9.17) is 10.5 Å². The van der Waals surface area contributed by atoms with E-state index in [2.05, 4.69) is 70.5 Å². The molecule has 2 N–H and O–H groups in total.